The van der Waals surface area contributed by atoms with Gasteiger partial charge in [0.1, 0.15) is 12.7 Å². The standard InChI is InChI=1S/C46H90NO8P/c1-3-5-7-9-11-13-15-17-19-20-21-22-23-24-25-27-29-31-33-35-37-39-46(50)53-42-44(48)43-55-56(51,52)54-41-40-47-45(49)38-36-34-32-30-28-26-18-16-14-12-10-8-6-4-2/h17,19,44,48H,3-16,18,20-43H2,1-2H3,(H,47,49)(H,51,52)/b19-17+. The van der Waals surface area contributed by atoms with Gasteiger partial charge in [-0.05, 0) is 38.5 Å². The molecule has 0 bridgehead atoms. The van der Waals surface area contributed by atoms with Gasteiger partial charge in [-0.2, -0.15) is 0 Å². The summed E-state index contributed by atoms with van der Waals surface area (Å²) in [5.41, 5.74) is 0. The maximum Gasteiger partial charge on any atom is 0.472 e. The van der Waals surface area contributed by atoms with Crippen LogP contribution in [-0.2, 0) is 27.9 Å². The van der Waals surface area contributed by atoms with Gasteiger partial charge in [-0.25, -0.2) is 4.57 Å². The van der Waals surface area contributed by atoms with Gasteiger partial charge in [0.15, 0.2) is 0 Å². The lowest BCUT2D eigenvalue weighted by Gasteiger charge is -2.15. The molecule has 0 aliphatic carbocycles. The van der Waals surface area contributed by atoms with Crippen LogP contribution in [0.3, 0.4) is 0 Å². The minimum absolute atomic E-state index is 0.0867. The zero-order valence-electron chi connectivity index (χ0n) is 36.6. The van der Waals surface area contributed by atoms with E-state index in [1.165, 1.54) is 173 Å². The SMILES string of the molecule is CCCCCCCC/C=C/CCCCCCCCCCCCCC(=O)OCC(O)COP(=O)(O)OCCNC(=O)CCCCCCCCCCCCCCCC. The zero-order valence-corrected chi connectivity index (χ0v) is 37.5. The maximum absolute atomic E-state index is 12.1. The van der Waals surface area contributed by atoms with Gasteiger partial charge < -0.3 is 20.1 Å². The van der Waals surface area contributed by atoms with E-state index in [0.29, 0.717) is 6.42 Å². The molecular weight excluding hydrogens is 725 g/mol. The lowest BCUT2D eigenvalue weighted by atomic mass is 10.0. The second-order valence-corrected chi connectivity index (χ2v) is 17.5. The predicted molar refractivity (Wildman–Crippen MR) is 234 cm³/mol. The summed E-state index contributed by atoms with van der Waals surface area (Å²) in [6.07, 6.45) is 45.7. The van der Waals surface area contributed by atoms with Crippen LogP contribution in [0.2, 0.25) is 0 Å². The first-order chi connectivity index (χ1) is 27.3. The van der Waals surface area contributed by atoms with E-state index < -0.39 is 26.5 Å². The number of hydrogen-bond donors (Lipinski definition) is 3. The molecule has 3 N–H and O–H groups in total. The number of esters is 1. The normalized spacial score (nSPS) is 13.3. The Morgan fingerprint density at radius 2 is 0.911 bits per heavy atom. The average molecular weight is 816 g/mol. The summed E-state index contributed by atoms with van der Waals surface area (Å²) in [4.78, 5) is 33.9. The van der Waals surface area contributed by atoms with Gasteiger partial charge in [-0.3, -0.25) is 18.6 Å². The summed E-state index contributed by atoms with van der Waals surface area (Å²) in [6.45, 7) is 3.59. The molecule has 2 atom stereocenters. The number of phosphoric ester groups is 1. The Hall–Kier alpha value is -1.25. The number of aliphatic hydroxyl groups is 1. The Labute approximate surface area is 345 Å². The number of carbonyl (C=O) groups excluding carboxylic acids is 2. The highest BCUT2D eigenvalue weighted by molar-refractivity contribution is 7.47. The summed E-state index contributed by atoms with van der Waals surface area (Å²) in [5.74, 6) is -0.506. The monoisotopic (exact) mass is 816 g/mol. The molecule has 0 aromatic heterocycles. The molecule has 0 aliphatic rings. The summed E-state index contributed by atoms with van der Waals surface area (Å²) >= 11 is 0. The van der Waals surface area contributed by atoms with E-state index in [2.05, 4.69) is 31.3 Å². The van der Waals surface area contributed by atoms with Crippen molar-refractivity contribution in [1.82, 2.24) is 5.32 Å². The van der Waals surface area contributed by atoms with Crippen molar-refractivity contribution in [2.45, 2.75) is 245 Å². The molecule has 0 aromatic carbocycles. The van der Waals surface area contributed by atoms with Crippen LogP contribution in [-0.4, -0.2) is 54.3 Å². The van der Waals surface area contributed by atoms with E-state index in [0.717, 1.165) is 38.5 Å². The fourth-order valence-corrected chi connectivity index (χ4v) is 7.60. The van der Waals surface area contributed by atoms with E-state index in [1.54, 1.807) is 0 Å². The van der Waals surface area contributed by atoms with Crippen LogP contribution in [0.5, 0.6) is 0 Å². The van der Waals surface area contributed by atoms with Crippen molar-refractivity contribution in [1.29, 1.82) is 0 Å². The van der Waals surface area contributed by atoms with Crippen LogP contribution in [0.1, 0.15) is 239 Å². The number of allylic oxidation sites excluding steroid dienone is 2. The fourth-order valence-electron chi connectivity index (χ4n) is 6.85. The average Bonchev–Trinajstić information content (AvgIpc) is 3.18. The van der Waals surface area contributed by atoms with E-state index in [9.17, 15) is 24.2 Å². The summed E-state index contributed by atoms with van der Waals surface area (Å²) in [6, 6.07) is 0. The van der Waals surface area contributed by atoms with E-state index in [4.69, 9.17) is 13.8 Å². The molecule has 0 spiro atoms. The molecular formula is C46H90NO8P. The Bertz CT molecular complexity index is 933. The Morgan fingerprint density at radius 1 is 0.536 bits per heavy atom. The summed E-state index contributed by atoms with van der Waals surface area (Å²) < 4.78 is 26.9. The molecule has 2 unspecified atom stereocenters. The third-order valence-corrected chi connectivity index (χ3v) is 11.4. The summed E-state index contributed by atoms with van der Waals surface area (Å²) in [7, 11) is -4.41. The van der Waals surface area contributed by atoms with Gasteiger partial charge in [-0.1, -0.05) is 199 Å². The van der Waals surface area contributed by atoms with Crippen LogP contribution in [0.15, 0.2) is 12.2 Å². The minimum atomic E-state index is -4.41. The quantitative estimate of drug-likeness (QED) is 0.0240. The fraction of sp³-hybridized carbons (Fsp3) is 0.913. The van der Waals surface area contributed by atoms with Crippen LogP contribution >= 0.6 is 7.82 Å². The second kappa shape index (κ2) is 43.3. The van der Waals surface area contributed by atoms with E-state index >= 15 is 0 Å². The number of nitrogens with one attached hydrogen (secondary N) is 1. The van der Waals surface area contributed by atoms with E-state index in [1.807, 2.05) is 0 Å². The van der Waals surface area contributed by atoms with Crippen molar-refractivity contribution in [2.75, 3.05) is 26.4 Å². The highest BCUT2D eigenvalue weighted by Gasteiger charge is 2.23. The number of amides is 1. The van der Waals surface area contributed by atoms with Crippen molar-refractivity contribution in [3.63, 3.8) is 0 Å². The molecule has 0 saturated carbocycles. The molecule has 0 aliphatic heterocycles. The third kappa shape index (κ3) is 43.9. The topological polar surface area (TPSA) is 131 Å². The number of aliphatic hydroxyl groups excluding tert-OH is 1. The lowest BCUT2D eigenvalue weighted by Crippen LogP contribution is -2.27. The number of hydrogen-bond acceptors (Lipinski definition) is 7. The number of carbonyl (C=O) groups is 2. The molecule has 0 heterocycles. The first-order valence-corrected chi connectivity index (χ1v) is 25.2. The largest absolute Gasteiger partial charge is 0.472 e. The van der Waals surface area contributed by atoms with Gasteiger partial charge in [-0.15, -0.1) is 0 Å². The molecule has 0 rings (SSSR count). The molecule has 0 fully saturated rings. The van der Waals surface area contributed by atoms with Crippen LogP contribution in [0.4, 0.5) is 0 Å². The Kier molecular flexibility index (Phi) is 42.4. The zero-order chi connectivity index (χ0) is 41.1. The number of phosphoric acid groups is 1. The van der Waals surface area contributed by atoms with Crippen molar-refractivity contribution in [2.24, 2.45) is 0 Å². The first kappa shape index (κ1) is 54.8. The lowest BCUT2D eigenvalue weighted by molar-refractivity contribution is -0.147. The summed E-state index contributed by atoms with van der Waals surface area (Å²) in [5, 5.41) is 12.7. The highest BCUT2D eigenvalue weighted by Crippen LogP contribution is 2.42. The first-order valence-electron chi connectivity index (χ1n) is 23.7. The van der Waals surface area contributed by atoms with Crippen molar-refractivity contribution < 1.29 is 37.9 Å². The van der Waals surface area contributed by atoms with Gasteiger partial charge in [0.25, 0.3) is 0 Å². The molecule has 9 nitrogen and oxygen atoms in total. The molecule has 1 amide bonds. The van der Waals surface area contributed by atoms with Crippen molar-refractivity contribution in [3.8, 4) is 0 Å². The number of ether oxygens (including phenoxy) is 1. The smallest absolute Gasteiger partial charge is 0.463 e. The predicted octanol–water partition coefficient (Wildman–Crippen LogP) is 13.4. The van der Waals surface area contributed by atoms with Gasteiger partial charge in [0, 0.05) is 19.4 Å². The molecule has 0 saturated heterocycles. The highest BCUT2D eigenvalue weighted by atomic mass is 31.2. The van der Waals surface area contributed by atoms with Crippen LogP contribution in [0.25, 0.3) is 0 Å². The van der Waals surface area contributed by atoms with Crippen molar-refractivity contribution in [3.05, 3.63) is 12.2 Å². The molecule has 332 valence electrons. The maximum atomic E-state index is 12.1. The van der Waals surface area contributed by atoms with Crippen LogP contribution < -0.4 is 5.32 Å². The molecule has 0 radical (unpaired) electrons. The third-order valence-electron chi connectivity index (χ3n) is 10.4. The van der Waals surface area contributed by atoms with Gasteiger partial charge >= 0.3 is 13.8 Å². The number of rotatable bonds is 45. The Morgan fingerprint density at radius 3 is 1.34 bits per heavy atom. The second-order valence-electron chi connectivity index (χ2n) is 16.1. The minimum Gasteiger partial charge on any atom is -0.463 e. The van der Waals surface area contributed by atoms with Gasteiger partial charge in [0.05, 0.1) is 13.2 Å². The molecule has 10 heteroatoms. The number of unbranched alkanes of at least 4 members (excludes halogenated alkanes) is 30. The molecule has 56 heavy (non-hydrogen) atoms. The van der Waals surface area contributed by atoms with Gasteiger partial charge in [0.2, 0.25) is 5.91 Å². The Balaban J connectivity index is 3.54. The van der Waals surface area contributed by atoms with Crippen LogP contribution in [0, 0.1) is 0 Å². The van der Waals surface area contributed by atoms with Crippen molar-refractivity contribution >= 4 is 19.7 Å². The van der Waals surface area contributed by atoms with E-state index in [-0.39, 0.29) is 32.1 Å². The molecule has 0 aromatic rings.